The van der Waals surface area contributed by atoms with E-state index in [1.165, 1.54) is 10.3 Å². The molecule has 0 radical (unpaired) electrons. The van der Waals surface area contributed by atoms with E-state index in [9.17, 15) is 4.79 Å². The quantitative estimate of drug-likeness (QED) is 0.923. The van der Waals surface area contributed by atoms with Gasteiger partial charge in [-0.05, 0) is 34.5 Å². The molecule has 1 fully saturated rings. The molecule has 0 saturated carbocycles. The molecule has 0 amide bonds. The Bertz CT molecular complexity index is 700. The number of anilines is 2. The predicted octanol–water partition coefficient (Wildman–Crippen LogP) is 2.23. The highest BCUT2D eigenvalue weighted by molar-refractivity contribution is 9.10. The van der Waals surface area contributed by atoms with Crippen LogP contribution in [-0.2, 0) is 7.05 Å². The second kappa shape index (κ2) is 5.89. The molecule has 1 aromatic heterocycles. The van der Waals surface area contributed by atoms with Crippen molar-refractivity contribution in [1.29, 1.82) is 0 Å². The largest absolute Gasteiger partial charge is 0.368 e. The summed E-state index contributed by atoms with van der Waals surface area (Å²) < 4.78 is 2.63. The van der Waals surface area contributed by atoms with Crippen molar-refractivity contribution in [2.24, 2.45) is 7.05 Å². The second-order valence-electron chi connectivity index (χ2n) is 5.22. The fourth-order valence-electron chi connectivity index (χ4n) is 2.60. The van der Waals surface area contributed by atoms with E-state index in [0.29, 0.717) is 5.82 Å². The van der Waals surface area contributed by atoms with Gasteiger partial charge in [0.05, 0.1) is 5.69 Å². The van der Waals surface area contributed by atoms with Crippen LogP contribution >= 0.6 is 15.9 Å². The van der Waals surface area contributed by atoms with Crippen LogP contribution in [-0.4, -0.2) is 28.7 Å². The van der Waals surface area contributed by atoms with E-state index in [-0.39, 0.29) is 11.6 Å². The van der Waals surface area contributed by atoms with Crippen LogP contribution in [0.15, 0.2) is 45.9 Å². The first kappa shape index (κ1) is 14.1. The van der Waals surface area contributed by atoms with Gasteiger partial charge in [-0.2, -0.15) is 0 Å². The Kier molecular flexibility index (Phi) is 3.96. The molecule has 6 heteroatoms. The summed E-state index contributed by atoms with van der Waals surface area (Å²) in [4.78, 5) is 18.4. The summed E-state index contributed by atoms with van der Waals surface area (Å²) in [5.41, 5.74) is 1.10. The summed E-state index contributed by atoms with van der Waals surface area (Å²) >= 11 is 3.59. The monoisotopic (exact) mass is 348 g/mol. The number of rotatable bonds is 3. The molecule has 1 saturated heterocycles. The molecule has 0 aliphatic carbocycles. The molecule has 1 aliphatic heterocycles. The Labute approximate surface area is 131 Å². The predicted molar refractivity (Wildman–Crippen MR) is 87.9 cm³/mol. The molecule has 0 bridgehead atoms. The van der Waals surface area contributed by atoms with Gasteiger partial charge in [0.1, 0.15) is 0 Å². The molecule has 1 aromatic carbocycles. The number of para-hydroxylation sites is 1. The lowest BCUT2D eigenvalue weighted by Gasteiger charge is -2.20. The number of benzene rings is 1. The number of aryl methyl sites for hydroxylation is 1. The highest BCUT2D eigenvalue weighted by Gasteiger charge is 2.24. The lowest BCUT2D eigenvalue weighted by Crippen LogP contribution is -2.30. The van der Waals surface area contributed by atoms with Crippen LogP contribution in [0.4, 0.5) is 11.5 Å². The highest BCUT2D eigenvalue weighted by Crippen LogP contribution is 2.29. The van der Waals surface area contributed by atoms with Crippen LogP contribution in [0.5, 0.6) is 0 Å². The molecular formula is C15H17BrN4O. The van der Waals surface area contributed by atoms with Crippen molar-refractivity contribution in [2.45, 2.75) is 12.5 Å². The van der Waals surface area contributed by atoms with E-state index in [1.807, 2.05) is 18.2 Å². The minimum atomic E-state index is -0.0863. The van der Waals surface area contributed by atoms with Gasteiger partial charge in [0, 0.05) is 43.0 Å². The fraction of sp³-hybridized carbons (Fsp3) is 0.333. The van der Waals surface area contributed by atoms with Crippen molar-refractivity contribution < 1.29 is 0 Å². The molecule has 0 spiro atoms. The summed E-state index contributed by atoms with van der Waals surface area (Å²) in [7, 11) is 1.73. The molecule has 1 aliphatic rings. The second-order valence-corrected chi connectivity index (χ2v) is 6.07. The van der Waals surface area contributed by atoms with Gasteiger partial charge >= 0.3 is 0 Å². The van der Waals surface area contributed by atoms with Crippen molar-refractivity contribution in [3.8, 4) is 0 Å². The van der Waals surface area contributed by atoms with Gasteiger partial charge < -0.3 is 14.8 Å². The van der Waals surface area contributed by atoms with Gasteiger partial charge in [0.2, 0.25) is 0 Å². The molecule has 21 heavy (non-hydrogen) atoms. The zero-order chi connectivity index (χ0) is 14.8. The van der Waals surface area contributed by atoms with E-state index < -0.39 is 0 Å². The van der Waals surface area contributed by atoms with E-state index in [2.05, 4.69) is 37.2 Å². The molecule has 1 N–H and O–H groups in total. The first-order chi connectivity index (χ1) is 10.1. The third-order valence-corrected chi connectivity index (χ3v) is 4.41. The van der Waals surface area contributed by atoms with Crippen LogP contribution in [0.1, 0.15) is 6.42 Å². The lowest BCUT2D eigenvalue weighted by atomic mass is 10.2. The summed E-state index contributed by atoms with van der Waals surface area (Å²) in [5.74, 6) is 0.430. The Morgan fingerprint density at radius 1 is 1.38 bits per heavy atom. The molecule has 1 atom stereocenters. The van der Waals surface area contributed by atoms with E-state index in [0.717, 1.165) is 24.0 Å². The summed E-state index contributed by atoms with van der Waals surface area (Å²) in [6, 6.07) is 8.43. The van der Waals surface area contributed by atoms with E-state index in [4.69, 9.17) is 0 Å². The number of hydrogen-bond donors (Lipinski definition) is 1. The zero-order valence-corrected chi connectivity index (χ0v) is 13.4. The SMILES string of the molecule is Cn1ccnc(NC2CCN(c3ccccc3Br)C2)c1=O. The molecule has 2 heterocycles. The maximum atomic E-state index is 12.0. The molecule has 2 aromatic rings. The Balaban J connectivity index is 1.72. The Morgan fingerprint density at radius 3 is 3.00 bits per heavy atom. The maximum Gasteiger partial charge on any atom is 0.293 e. The summed E-state index contributed by atoms with van der Waals surface area (Å²) in [5, 5.41) is 3.27. The minimum absolute atomic E-state index is 0.0863. The van der Waals surface area contributed by atoms with Gasteiger partial charge in [0.15, 0.2) is 5.82 Å². The third-order valence-electron chi connectivity index (χ3n) is 3.74. The van der Waals surface area contributed by atoms with Crippen LogP contribution in [0.3, 0.4) is 0 Å². The normalized spacial score (nSPS) is 18.0. The average Bonchev–Trinajstić information content (AvgIpc) is 2.93. The van der Waals surface area contributed by atoms with Gasteiger partial charge in [-0.3, -0.25) is 4.79 Å². The van der Waals surface area contributed by atoms with E-state index in [1.54, 1.807) is 19.4 Å². The first-order valence-electron chi connectivity index (χ1n) is 6.93. The average molecular weight is 349 g/mol. The number of hydrogen-bond acceptors (Lipinski definition) is 4. The Hall–Kier alpha value is -1.82. The fourth-order valence-corrected chi connectivity index (χ4v) is 3.13. The molecular weight excluding hydrogens is 332 g/mol. The lowest BCUT2D eigenvalue weighted by molar-refractivity contribution is 0.778. The maximum absolute atomic E-state index is 12.0. The van der Waals surface area contributed by atoms with Gasteiger partial charge in [-0.15, -0.1) is 0 Å². The molecule has 3 rings (SSSR count). The number of nitrogens with zero attached hydrogens (tertiary/aromatic N) is 3. The smallest absolute Gasteiger partial charge is 0.293 e. The van der Waals surface area contributed by atoms with Crippen LogP contribution in [0, 0.1) is 0 Å². The van der Waals surface area contributed by atoms with Crippen molar-refractivity contribution >= 4 is 27.4 Å². The van der Waals surface area contributed by atoms with Crippen molar-refractivity contribution in [2.75, 3.05) is 23.3 Å². The number of nitrogens with one attached hydrogen (secondary N) is 1. The topological polar surface area (TPSA) is 50.2 Å². The number of aromatic nitrogens is 2. The Morgan fingerprint density at radius 2 is 2.19 bits per heavy atom. The molecule has 110 valence electrons. The van der Waals surface area contributed by atoms with Gasteiger partial charge in [-0.1, -0.05) is 12.1 Å². The highest BCUT2D eigenvalue weighted by atomic mass is 79.9. The first-order valence-corrected chi connectivity index (χ1v) is 7.72. The van der Waals surface area contributed by atoms with E-state index >= 15 is 0 Å². The van der Waals surface area contributed by atoms with Crippen molar-refractivity contribution in [3.05, 3.63) is 51.5 Å². The van der Waals surface area contributed by atoms with Crippen molar-refractivity contribution in [3.63, 3.8) is 0 Å². The van der Waals surface area contributed by atoms with Crippen molar-refractivity contribution in [1.82, 2.24) is 9.55 Å². The minimum Gasteiger partial charge on any atom is -0.368 e. The standard InChI is InChI=1S/C15H17BrN4O/c1-19-9-7-17-14(15(19)21)18-11-6-8-20(10-11)13-5-3-2-4-12(13)16/h2-5,7,9,11H,6,8,10H2,1H3,(H,17,18). The summed E-state index contributed by atoms with van der Waals surface area (Å²) in [6.07, 6.45) is 4.29. The van der Waals surface area contributed by atoms with Crippen LogP contribution in [0.2, 0.25) is 0 Å². The van der Waals surface area contributed by atoms with Crippen LogP contribution in [0.25, 0.3) is 0 Å². The zero-order valence-electron chi connectivity index (χ0n) is 11.8. The van der Waals surface area contributed by atoms with Gasteiger partial charge in [-0.25, -0.2) is 4.98 Å². The number of halogens is 1. The molecule has 1 unspecified atom stereocenters. The molecule has 5 nitrogen and oxygen atoms in total. The summed E-state index contributed by atoms with van der Waals surface area (Å²) in [6.45, 7) is 1.83. The van der Waals surface area contributed by atoms with Crippen LogP contribution < -0.4 is 15.8 Å². The van der Waals surface area contributed by atoms with Gasteiger partial charge in [0.25, 0.3) is 5.56 Å². The third kappa shape index (κ3) is 2.95.